The minimum atomic E-state index is 0.850. The van der Waals surface area contributed by atoms with Gasteiger partial charge in [-0.15, -0.1) is 11.3 Å². The fourth-order valence-electron chi connectivity index (χ4n) is 2.61. The lowest BCUT2D eigenvalue weighted by molar-refractivity contribution is 0.0346. The van der Waals surface area contributed by atoms with Crippen LogP contribution in [0.2, 0.25) is 0 Å². The first-order chi connectivity index (χ1) is 9.88. The maximum Gasteiger partial charge on any atom is 0.0901 e. The van der Waals surface area contributed by atoms with E-state index in [4.69, 9.17) is 4.74 Å². The molecule has 1 saturated heterocycles. The van der Waals surface area contributed by atoms with Crippen LogP contribution in [0.5, 0.6) is 0 Å². The number of hydrogen-bond acceptors (Lipinski definition) is 5. The molecule has 0 radical (unpaired) electrons. The van der Waals surface area contributed by atoms with Gasteiger partial charge in [0.2, 0.25) is 0 Å². The van der Waals surface area contributed by atoms with E-state index in [0.717, 1.165) is 43.9 Å². The van der Waals surface area contributed by atoms with E-state index >= 15 is 0 Å². The van der Waals surface area contributed by atoms with Crippen molar-refractivity contribution >= 4 is 32.5 Å². The van der Waals surface area contributed by atoms with E-state index in [1.807, 2.05) is 11.3 Å². The Morgan fingerprint density at radius 1 is 1.05 bits per heavy atom. The highest BCUT2D eigenvalue weighted by atomic mass is 32.1. The van der Waals surface area contributed by atoms with Crippen LogP contribution in [-0.2, 0) is 11.3 Å². The first-order valence-electron chi connectivity index (χ1n) is 6.82. The first kappa shape index (κ1) is 12.2. The molecule has 0 unspecified atom stereocenters. The number of ether oxygens (including phenoxy) is 1. The molecule has 1 fully saturated rings. The topological polar surface area (TPSA) is 38.2 Å². The largest absolute Gasteiger partial charge is 0.379 e. The van der Waals surface area contributed by atoms with Gasteiger partial charge in [0.1, 0.15) is 0 Å². The van der Waals surface area contributed by atoms with Gasteiger partial charge >= 0.3 is 0 Å². The van der Waals surface area contributed by atoms with E-state index in [1.165, 1.54) is 15.0 Å². The van der Waals surface area contributed by atoms with Gasteiger partial charge in [-0.3, -0.25) is 14.9 Å². The molecule has 0 atom stereocenters. The van der Waals surface area contributed by atoms with Gasteiger partial charge in [-0.2, -0.15) is 0 Å². The zero-order valence-corrected chi connectivity index (χ0v) is 11.9. The molecular weight excluding hydrogens is 270 g/mol. The minimum Gasteiger partial charge on any atom is -0.379 e. The van der Waals surface area contributed by atoms with Crippen molar-refractivity contribution in [2.24, 2.45) is 0 Å². The highest BCUT2D eigenvalue weighted by Crippen LogP contribution is 2.29. The van der Waals surface area contributed by atoms with Gasteiger partial charge in [-0.1, -0.05) is 0 Å². The molecular formula is C15H15N3OS. The van der Waals surface area contributed by atoms with Crippen molar-refractivity contribution in [3.05, 3.63) is 35.5 Å². The molecule has 0 aliphatic carbocycles. The molecule has 3 aromatic rings. The highest BCUT2D eigenvalue weighted by Gasteiger charge is 2.12. The predicted molar refractivity (Wildman–Crippen MR) is 81.0 cm³/mol. The maximum absolute atomic E-state index is 5.39. The number of benzene rings is 1. The average molecular weight is 285 g/mol. The summed E-state index contributed by atoms with van der Waals surface area (Å²) in [5.41, 5.74) is 1.94. The van der Waals surface area contributed by atoms with Gasteiger partial charge in [0.05, 0.1) is 24.2 Å². The van der Waals surface area contributed by atoms with E-state index < -0.39 is 0 Å². The molecule has 5 heteroatoms. The summed E-state index contributed by atoms with van der Waals surface area (Å²) in [5, 5.41) is 1.27. The summed E-state index contributed by atoms with van der Waals surface area (Å²) < 4.78 is 6.69. The van der Waals surface area contributed by atoms with Crippen LogP contribution in [0.3, 0.4) is 0 Å². The Hall–Kier alpha value is -1.56. The van der Waals surface area contributed by atoms with Crippen LogP contribution in [0, 0.1) is 0 Å². The molecule has 0 N–H and O–H groups in total. The molecule has 0 saturated carbocycles. The second-order valence-corrected chi connectivity index (χ2v) is 6.20. The summed E-state index contributed by atoms with van der Waals surface area (Å²) in [4.78, 5) is 12.6. The van der Waals surface area contributed by atoms with Crippen molar-refractivity contribution in [1.82, 2.24) is 14.9 Å². The SMILES string of the molecule is c1cnc2cc3sc(CN4CCOCC4)cc3cc2n1. The normalized spacial score (nSPS) is 17.0. The van der Waals surface area contributed by atoms with E-state index in [1.54, 1.807) is 12.4 Å². The molecule has 0 bridgehead atoms. The van der Waals surface area contributed by atoms with Crippen molar-refractivity contribution in [2.45, 2.75) is 6.54 Å². The van der Waals surface area contributed by atoms with Gasteiger partial charge < -0.3 is 4.74 Å². The van der Waals surface area contributed by atoms with Crippen LogP contribution in [0.25, 0.3) is 21.1 Å². The van der Waals surface area contributed by atoms with Crippen LogP contribution < -0.4 is 0 Å². The summed E-state index contributed by atoms with van der Waals surface area (Å²) in [5.74, 6) is 0. The van der Waals surface area contributed by atoms with Crippen molar-refractivity contribution in [3.63, 3.8) is 0 Å². The second kappa shape index (κ2) is 5.09. The molecule has 1 aliphatic heterocycles. The first-order valence-corrected chi connectivity index (χ1v) is 7.63. The molecule has 0 amide bonds. The van der Waals surface area contributed by atoms with Crippen molar-refractivity contribution in [2.75, 3.05) is 26.3 Å². The van der Waals surface area contributed by atoms with Crippen LogP contribution in [0.1, 0.15) is 4.88 Å². The Kier molecular flexibility index (Phi) is 3.10. The number of thiophene rings is 1. The van der Waals surface area contributed by atoms with E-state index in [-0.39, 0.29) is 0 Å². The Balaban J connectivity index is 1.68. The molecule has 2 aromatic heterocycles. The van der Waals surface area contributed by atoms with Gasteiger partial charge in [0.15, 0.2) is 0 Å². The fraction of sp³-hybridized carbons (Fsp3) is 0.333. The molecule has 4 rings (SSSR count). The Bertz CT molecular complexity index is 697. The second-order valence-electron chi connectivity index (χ2n) is 5.04. The maximum atomic E-state index is 5.39. The fourth-order valence-corrected chi connectivity index (χ4v) is 3.73. The lowest BCUT2D eigenvalue weighted by Crippen LogP contribution is -2.35. The molecule has 102 valence electrons. The summed E-state index contributed by atoms with van der Waals surface area (Å²) in [7, 11) is 0. The Morgan fingerprint density at radius 2 is 1.80 bits per heavy atom. The van der Waals surface area contributed by atoms with Gasteiger partial charge in [-0.25, -0.2) is 0 Å². The summed E-state index contributed by atoms with van der Waals surface area (Å²) in [6.07, 6.45) is 3.49. The van der Waals surface area contributed by atoms with Crippen molar-refractivity contribution in [1.29, 1.82) is 0 Å². The average Bonchev–Trinajstić information content (AvgIpc) is 2.86. The third-order valence-corrected chi connectivity index (χ3v) is 4.72. The lowest BCUT2D eigenvalue weighted by atomic mass is 10.2. The molecule has 0 spiro atoms. The quantitative estimate of drug-likeness (QED) is 0.725. The number of morpholine rings is 1. The molecule has 20 heavy (non-hydrogen) atoms. The Morgan fingerprint density at radius 3 is 2.60 bits per heavy atom. The Labute approximate surface area is 121 Å². The number of nitrogens with zero attached hydrogens (tertiary/aromatic N) is 3. The zero-order chi connectivity index (χ0) is 13.4. The minimum absolute atomic E-state index is 0.850. The van der Waals surface area contributed by atoms with Crippen molar-refractivity contribution in [3.8, 4) is 0 Å². The van der Waals surface area contributed by atoms with Gasteiger partial charge in [0.25, 0.3) is 0 Å². The van der Waals surface area contributed by atoms with E-state index in [9.17, 15) is 0 Å². The summed E-state index contributed by atoms with van der Waals surface area (Å²) >= 11 is 1.86. The molecule has 4 nitrogen and oxygen atoms in total. The number of fused-ring (bicyclic) bond motifs is 2. The zero-order valence-electron chi connectivity index (χ0n) is 11.1. The third kappa shape index (κ3) is 2.28. The number of rotatable bonds is 2. The van der Waals surface area contributed by atoms with Gasteiger partial charge in [-0.05, 0) is 23.6 Å². The van der Waals surface area contributed by atoms with E-state index in [2.05, 4.69) is 33.1 Å². The molecule has 1 aromatic carbocycles. The molecule has 1 aliphatic rings. The number of hydrogen-bond donors (Lipinski definition) is 0. The van der Waals surface area contributed by atoms with Crippen LogP contribution in [-0.4, -0.2) is 41.2 Å². The summed E-state index contributed by atoms with van der Waals surface area (Å²) in [6.45, 7) is 4.77. The lowest BCUT2D eigenvalue weighted by Gasteiger charge is -2.25. The predicted octanol–water partition coefficient (Wildman–Crippen LogP) is 2.68. The molecule has 3 heterocycles. The van der Waals surface area contributed by atoms with Crippen LogP contribution in [0.4, 0.5) is 0 Å². The van der Waals surface area contributed by atoms with Crippen LogP contribution >= 0.6 is 11.3 Å². The van der Waals surface area contributed by atoms with Gasteiger partial charge in [0, 0.05) is 41.6 Å². The monoisotopic (exact) mass is 285 g/mol. The van der Waals surface area contributed by atoms with Crippen molar-refractivity contribution < 1.29 is 4.74 Å². The smallest absolute Gasteiger partial charge is 0.0901 e. The highest BCUT2D eigenvalue weighted by molar-refractivity contribution is 7.19. The number of aromatic nitrogens is 2. The van der Waals surface area contributed by atoms with E-state index in [0.29, 0.717) is 0 Å². The van der Waals surface area contributed by atoms with Crippen LogP contribution in [0.15, 0.2) is 30.6 Å². The third-order valence-electron chi connectivity index (χ3n) is 3.64. The standard InChI is InChI=1S/C15H15N3OS/c1-2-17-14-9-15-11(8-13(14)16-1)7-12(20-15)10-18-3-5-19-6-4-18/h1-2,7-9H,3-6,10H2. The summed E-state index contributed by atoms with van der Waals surface area (Å²) in [6, 6.07) is 6.56.